The van der Waals surface area contributed by atoms with Crippen LogP contribution in [0, 0.1) is 0 Å². The molecule has 0 heterocycles. The molecule has 0 aliphatic heterocycles. The van der Waals surface area contributed by atoms with Crippen LogP contribution in [0.15, 0.2) is 12.8 Å². The van der Waals surface area contributed by atoms with Crippen LogP contribution >= 0.6 is 0 Å². The lowest BCUT2D eigenvalue weighted by Crippen LogP contribution is -2.43. The zero-order valence-corrected chi connectivity index (χ0v) is 11.3. The quantitative estimate of drug-likeness (QED) is 0.244. The van der Waals surface area contributed by atoms with Crippen LogP contribution in [0.4, 0.5) is 0 Å². The molecule has 0 aromatic carbocycles. The normalized spacial score (nSPS) is 13.0. The van der Waals surface area contributed by atoms with Gasteiger partial charge in [-0.05, 0) is 0 Å². The Morgan fingerprint density at radius 3 is 2.19 bits per heavy atom. The van der Waals surface area contributed by atoms with Gasteiger partial charge in [-0.15, -0.1) is 0 Å². The molecule has 0 fully saturated rings. The Balaban J connectivity index is 4.02. The lowest BCUT2D eigenvalue weighted by atomic mass is 9.96. The first-order valence-electron chi connectivity index (χ1n) is 5.95. The summed E-state index contributed by atoms with van der Waals surface area (Å²) in [6.07, 6.45) is -0.820. The van der Waals surface area contributed by atoms with Gasteiger partial charge >= 0.3 is 17.9 Å². The minimum absolute atomic E-state index is 0.0523. The average molecular weight is 306 g/mol. The van der Waals surface area contributed by atoms with Crippen molar-refractivity contribution in [3.63, 3.8) is 0 Å². The van der Waals surface area contributed by atoms with E-state index in [1.807, 2.05) is 0 Å². The summed E-state index contributed by atoms with van der Waals surface area (Å²) in [5.41, 5.74) is -2.69. The minimum Gasteiger partial charge on any atom is -0.499 e. The molecule has 0 rings (SSSR count). The Morgan fingerprint density at radius 2 is 1.67 bits per heavy atom. The second kappa shape index (κ2) is 9.72. The first kappa shape index (κ1) is 18.9. The van der Waals surface area contributed by atoms with Crippen LogP contribution in [-0.4, -0.2) is 65.3 Å². The zero-order valence-electron chi connectivity index (χ0n) is 11.3. The number of aliphatic hydroxyl groups is 1. The van der Waals surface area contributed by atoms with Crippen LogP contribution < -0.4 is 0 Å². The van der Waals surface area contributed by atoms with Gasteiger partial charge in [0.2, 0.25) is 0 Å². The Morgan fingerprint density at radius 1 is 1.05 bits per heavy atom. The van der Waals surface area contributed by atoms with Crippen molar-refractivity contribution in [3.05, 3.63) is 12.8 Å². The molecule has 21 heavy (non-hydrogen) atoms. The van der Waals surface area contributed by atoms with E-state index in [-0.39, 0.29) is 26.4 Å². The highest BCUT2D eigenvalue weighted by Gasteiger charge is 2.41. The van der Waals surface area contributed by atoms with E-state index in [0.717, 1.165) is 0 Å². The predicted octanol–water partition coefficient (Wildman–Crippen LogP) is -0.613. The summed E-state index contributed by atoms with van der Waals surface area (Å²) in [6.45, 7) is 3.76. The number of carbonyl (C=O) groups is 3. The molecule has 0 saturated heterocycles. The monoisotopic (exact) mass is 306 g/mol. The fourth-order valence-electron chi connectivity index (χ4n) is 1.26. The molecule has 0 saturated carbocycles. The van der Waals surface area contributed by atoms with Crippen LogP contribution in [0.2, 0.25) is 0 Å². The number of carboxylic acids is 2. The molecule has 0 aromatic heterocycles. The van der Waals surface area contributed by atoms with Gasteiger partial charge in [-0.25, -0.2) is 4.79 Å². The van der Waals surface area contributed by atoms with Crippen molar-refractivity contribution < 1.29 is 43.9 Å². The van der Waals surface area contributed by atoms with Crippen LogP contribution in [0.3, 0.4) is 0 Å². The fourth-order valence-corrected chi connectivity index (χ4v) is 1.26. The van der Waals surface area contributed by atoms with Crippen molar-refractivity contribution >= 4 is 17.9 Å². The van der Waals surface area contributed by atoms with Gasteiger partial charge in [0.05, 0.1) is 32.3 Å². The van der Waals surface area contributed by atoms with Crippen molar-refractivity contribution in [2.24, 2.45) is 0 Å². The van der Waals surface area contributed by atoms with Crippen LogP contribution in [0.1, 0.15) is 12.8 Å². The van der Waals surface area contributed by atoms with E-state index in [1.54, 1.807) is 0 Å². The molecule has 0 radical (unpaired) electrons. The second-order valence-electron chi connectivity index (χ2n) is 3.95. The van der Waals surface area contributed by atoms with Gasteiger partial charge in [0.25, 0.3) is 0 Å². The highest BCUT2D eigenvalue weighted by molar-refractivity contribution is 5.88. The van der Waals surface area contributed by atoms with Crippen molar-refractivity contribution in [1.29, 1.82) is 0 Å². The molecule has 0 aliphatic rings. The van der Waals surface area contributed by atoms with Gasteiger partial charge in [-0.3, -0.25) is 9.59 Å². The van der Waals surface area contributed by atoms with Crippen LogP contribution in [0.5, 0.6) is 0 Å². The van der Waals surface area contributed by atoms with E-state index >= 15 is 0 Å². The first-order chi connectivity index (χ1) is 9.81. The Bertz CT molecular complexity index is 379. The number of hydrogen-bond donors (Lipinski definition) is 3. The smallest absolute Gasteiger partial charge is 0.336 e. The summed E-state index contributed by atoms with van der Waals surface area (Å²) in [7, 11) is 0. The van der Waals surface area contributed by atoms with Crippen molar-refractivity contribution in [2.75, 3.05) is 26.4 Å². The summed E-state index contributed by atoms with van der Waals surface area (Å²) in [4.78, 5) is 32.6. The second-order valence-corrected chi connectivity index (χ2v) is 3.95. The number of esters is 1. The number of hydrogen-bond acceptors (Lipinski definition) is 7. The molecule has 0 spiro atoms. The number of aliphatic carboxylic acids is 2. The maximum atomic E-state index is 11.3. The third-order valence-electron chi connectivity index (χ3n) is 2.23. The third kappa shape index (κ3) is 8.60. The molecule has 120 valence electrons. The van der Waals surface area contributed by atoms with Gasteiger partial charge in [-0.1, -0.05) is 6.58 Å². The maximum Gasteiger partial charge on any atom is 0.336 e. The molecular weight excluding hydrogens is 288 g/mol. The SMILES string of the molecule is C=COCCOCCOC(=O)CC(O)(CC(=O)O)C(=O)O. The predicted molar refractivity (Wildman–Crippen MR) is 67.4 cm³/mol. The number of rotatable bonds is 12. The van der Waals surface area contributed by atoms with Crippen LogP contribution in [0.25, 0.3) is 0 Å². The summed E-state index contributed by atoms with van der Waals surface area (Å²) >= 11 is 0. The van der Waals surface area contributed by atoms with E-state index in [4.69, 9.17) is 19.7 Å². The largest absolute Gasteiger partial charge is 0.499 e. The molecule has 1 unspecified atom stereocenters. The summed E-state index contributed by atoms with van der Waals surface area (Å²) in [5.74, 6) is -4.38. The van der Waals surface area contributed by atoms with Gasteiger partial charge in [0.15, 0.2) is 5.60 Å². The standard InChI is InChI=1S/C12H18O9/c1-2-19-3-4-20-5-6-21-10(15)8-12(18,11(16)17)7-9(13)14/h2,18H,1,3-8H2,(H,13,14)(H,16,17). The Hall–Kier alpha value is -2.13. The molecule has 9 heteroatoms. The van der Waals surface area contributed by atoms with Gasteiger partial charge in [0, 0.05) is 0 Å². The van der Waals surface area contributed by atoms with Crippen LogP contribution in [-0.2, 0) is 28.6 Å². The topological polar surface area (TPSA) is 140 Å². The zero-order chi connectivity index (χ0) is 16.3. The van der Waals surface area contributed by atoms with E-state index < -0.39 is 36.4 Å². The lowest BCUT2D eigenvalue weighted by molar-refractivity contribution is -0.172. The summed E-state index contributed by atoms with van der Waals surface area (Å²) < 4.78 is 14.4. The summed E-state index contributed by atoms with van der Waals surface area (Å²) in [5, 5.41) is 26.9. The maximum absolute atomic E-state index is 11.3. The van der Waals surface area contributed by atoms with E-state index in [0.29, 0.717) is 0 Å². The number of carbonyl (C=O) groups excluding carboxylic acids is 1. The highest BCUT2D eigenvalue weighted by Crippen LogP contribution is 2.16. The average Bonchev–Trinajstić information content (AvgIpc) is 2.36. The summed E-state index contributed by atoms with van der Waals surface area (Å²) in [6, 6.07) is 0. The van der Waals surface area contributed by atoms with Crippen molar-refractivity contribution in [3.8, 4) is 0 Å². The van der Waals surface area contributed by atoms with Gasteiger partial charge < -0.3 is 29.5 Å². The molecule has 9 nitrogen and oxygen atoms in total. The first-order valence-corrected chi connectivity index (χ1v) is 5.95. The number of carboxylic acid groups (broad SMARTS) is 2. The van der Waals surface area contributed by atoms with E-state index in [9.17, 15) is 19.5 Å². The van der Waals surface area contributed by atoms with Gasteiger partial charge in [0.1, 0.15) is 13.2 Å². The Labute approximate surface area is 120 Å². The van der Waals surface area contributed by atoms with E-state index in [2.05, 4.69) is 11.3 Å². The fraction of sp³-hybridized carbons (Fsp3) is 0.583. The van der Waals surface area contributed by atoms with Crippen molar-refractivity contribution in [2.45, 2.75) is 18.4 Å². The van der Waals surface area contributed by atoms with Crippen molar-refractivity contribution in [1.82, 2.24) is 0 Å². The molecule has 3 N–H and O–H groups in total. The molecule has 0 aliphatic carbocycles. The molecule has 1 atom stereocenters. The Kier molecular flexibility index (Phi) is 8.74. The molecule has 0 amide bonds. The molecule has 0 bridgehead atoms. The lowest BCUT2D eigenvalue weighted by Gasteiger charge is -2.20. The molecular formula is C12H18O9. The van der Waals surface area contributed by atoms with E-state index in [1.165, 1.54) is 6.26 Å². The highest BCUT2D eigenvalue weighted by atomic mass is 16.6. The minimum atomic E-state index is -2.69. The number of ether oxygens (including phenoxy) is 3. The third-order valence-corrected chi connectivity index (χ3v) is 2.23. The van der Waals surface area contributed by atoms with Gasteiger partial charge in [-0.2, -0.15) is 0 Å². The molecule has 0 aromatic rings.